The fourth-order valence-corrected chi connectivity index (χ4v) is 2.73. The zero-order valence-electron chi connectivity index (χ0n) is 10.6. The number of nitrogens with one attached hydrogen (secondary N) is 2. The monoisotopic (exact) mass is 300 g/mol. The number of aryl methyl sites for hydroxylation is 1. The fourth-order valence-electron chi connectivity index (χ4n) is 1.53. The summed E-state index contributed by atoms with van der Waals surface area (Å²) in [5.41, 5.74) is 4.01. The summed E-state index contributed by atoms with van der Waals surface area (Å²) in [5, 5.41) is 5.90. The summed E-state index contributed by atoms with van der Waals surface area (Å²) in [6.07, 6.45) is 2.16. The molecule has 0 aromatic carbocycles. The van der Waals surface area contributed by atoms with E-state index in [2.05, 4.69) is 14.9 Å². The highest BCUT2D eigenvalue weighted by molar-refractivity contribution is 7.92. The normalized spacial score (nSPS) is 11.5. The molecule has 0 unspecified atom stereocenters. The lowest BCUT2D eigenvalue weighted by Crippen LogP contribution is -2.40. The molecule has 0 amide bonds. The van der Waals surface area contributed by atoms with Gasteiger partial charge in [0.1, 0.15) is 0 Å². The van der Waals surface area contributed by atoms with Gasteiger partial charge < -0.3 is 10.3 Å². The van der Waals surface area contributed by atoms with Crippen LogP contribution in [0.5, 0.6) is 0 Å². The Hall–Kier alpha value is -2.56. The molecule has 0 bridgehead atoms. The molecular weight excluding hydrogens is 288 g/mol. The lowest BCUT2D eigenvalue weighted by molar-refractivity contribution is 0.589. The van der Waals surface area contributed by atoms with E-state index in [1.54, 1.807) is 0 Å². The number of hydrogen-bond acceptors (Lipinski definition) is 6. The lowest BCUT2D eigenvalue weighted by atomic mass is 10.6. The van der Waals surface area contributed by atoms with Crippen LogP contribution in [0.25, 0.3) is 0 Å². The number of anilines is 2. The standard InChI is InChI=1S/C9H12N6O4S/c1-14-4-6(8(16)15(2)9(14)17)20(18,19)13-7-5(10)3-11-12-7/h3-4H,10H2,1-2H3,(H2,11,12,13). The molecule has 4 N–H and O–H groups in total. The van der Waals surface area contributed by atoms with E-state index < -0.39 is 26.2 Å². The predicted octanol–water partition coefficient (Wildman–Crippen LogP) is -1.81. The smallest absolute Gasteiger partial charge is 0.330 e. The van der Waals surface area contributed by atoms with Crippen LogP contribution in [-0.2, 0) is 24.1 Å². The molecular formula is C9H12N6O4S. The topological polar surface area (TPSA) is 145 Å². The minimum atomic E-state index is -4.19. The van der Waals surface area contributed by atoms with E-state index in [0.29, 0.717) is 4.57 Å². The first-order chi connectivity index (χ1) is 9.24. The van der Waals surface area contributed by atoms with E-state index in [-0.39, 0.29) is 11.5 Å². The molecule has 2 heterocycles. The van der Waals surface area contributed by atoms with Gasteiger partial charge in [-0.25, -0.2) is 13.2 Å². The van der Waals surface area contributed by atoms with Crippen molar-refractivity contribution in [3.63, 3.8) is 0 Å². The summed E-state index contributed by atoms with van der Waals surface area (Å²) in [6.45, 7) is 0. The first kappa shape index (κ1) is 13.9. The van der Waals surface area contributed by atoms with Gasteiger partial charge in [-0.2, -0.15) is 5.10 Å². The number of rotatable bonds is 3. The number of nitrogens with zero attached hydrogens (tertiary/aromatic N) is 3. The maximum Gasteiger partial charge on any atom is 0.330 e. The van der Waals surface area contributed by atoms with Crippen LogP contribution < -0.4 is 21.7 Å². The van der Waals surface area contributed by atoms with E-state index >= 15 is 0 Å². The van der Waals surface area contributed by atoms with Gasteiger partial charge in [0.05, 0.1) is 11.9 Å². The number of aromatic nitrogens is 4. The second-order valence-corrected chi connectivity index (χ2v) is 5.71. The van der Waals surface area contributed by atoms with Crippen LogP contribution in [0.2, 0.25) is 0 Å². The molecule has 11 heteroatoms. The Bertz CT molecular complexity index is 875. The first-order valence-corrected chi connectivity index (χ1v) is 6.80. The lowest BCUT2D eigenvalue weighted by Gasteiger charge is -2.09. The van der Waals surface area contributed by atoms with Crippen LogP contribution in [0.1, 0.15) is 0 Å². The molecule has 0 saturated heterocycles. The number of aromatic amines is 1. The number of hydrogen-bond donors (Lipinski definition) is 3. The number of sulfonamides is 1. The summed E-state index contributed by atoms with van der Waals surface area (Å²) in [6, 6.07) is 0. The highest BCUT2D eigenvalue weighted by atomic mass is 32.2. The van der Waals surface area contributed by atoms with Crippen molar-refractivity contribution in [2.75, 3.05) is 10.5 Å². The van der Waals surface area contributed by atoms with Crippen LogP contribution in [0.3, 0.4) is 0 Å². The molecule has 0 radical (unpaired) electrons. The number of nitrogens with two attached hydrogens (primary N) is 1. The summed E-state index contributed by atoms with van der Waals surface area (Å²) in [5.74, 6) is -0.0547. The quantitative estimate of drug-likeness (QED) is 0.609. The minimum absolute atomic E-state index is 0.0547. The van der Waals surface area contributed by atoms with Crippen LogP contribution in [-0.4, -0.2) is 27.7 Å². The first-order valence-electron chi connectivity index (χ1n) is 5.32. The average molecular weight is 300 g/mol. The molecule has 0 aliphatic carbocycles. The van der Waals surface area contributed by atoms with Gasteiger partial charge >= 0.3 is 5.69 Å². The third-order valence-corrected chi connectivity index (χ3v) is 3.94. The van der Waals surface area contributed by atoms with Gasteiger partial charge in [0.25, 0.3) is 15.6 Å². The molecule has 0 atom stereocenters. The van der Waals surface area contributed by atoms with E-state index in [1.165, 1.54) is 20.3 Å². The minimum Gasteiger partial charge on any atom is -0.394 e. The van der Waals surface area contributed by atoms with Crippen molar-refractivity contribution in [3.8, 4) is 0 Å². The summed E-state index contributed by atoms with van der Waals surface area (Å²) in [4.78, 5) is 22.8. The Morgan fingerprint density at radius 3 is 2.55 bits per heavy atom. The molecule has 0 aliphatic rings. The second-order valence-electron chi connectivity index (χ2n) is 4.06. The summed E-state index contributed by atoms with van der Waals surface area (Å²) < 4.78 is 28.1. The van der Waals surface area contributed by atoms with Gasteiger partial charge in [-0.3, -0.25) is 19.2 Å². The maximum absolute atomic E-state index is 12.1. The molecule has 0 spiro atoms. The number of nitrogen functional groups attached to an aromatic ring is 1. The summed E-state index contributed by atoms with van der Waals surface area (Å²) in [7, 11) is -1.67. The molecule has 2 aromatic rings. The zero-order chi connectivity index (χ0) is 15.1. The molecule has 20 heavy (non-hydrogen) atoms. The van der Waals surface area contributed by atoms with Gasteiger partial charge in [0.15, 0.2) is 10.7 Å². The molecule has 0 fully saturated rings. The van der Waals surface area contributed by atoms with E-state index in [1.807, 2.05) is 0 Å². The molecule has 10 nitrogen and oxygen atoms in total. The summed E-state index contributed by atoms with van der Waals surface area (Å²) >= 11 is 0. The van der Waals surface area contributed by atoms with Gasteiger partial charge in [-0.1, -0.05) is 0 Å². The van der Waals surface area contributed by atoms with E-state index in [0.717, 1.165) is 10.8 Å². The van der Waals surface area contributed by atoms with Crippen molar-refractivity contribution in [1.29, 1.82) is 0 Å². The Kier molecular flexibility index (Phi) is 3.13. The van der Waals surface area contributed by atoms with Crippen molar-refractivity contribution >= 4 is 21.5 Å². The van der Waals surface area contributed by atoms with Crippen LogP contribution in [0.15, 0.2) is 26.9 Å². The van der Waals surface area contributed by atoms with Gasteiger partial charge in [0, 0.05) is 20.3 Å². The molecule has 2 rings (SSSR count). The predicted molar refractivity (Wildman–Crippen MR) is 70.7 cm³/mol. The molecule has 0 saturated carbocycles. The average Bonchev–Trinajstić information content (AvgIpc) is 2.76. The third kappa shape index (κ3) is 2.18. The molecule has 0 aliphatic heterocycles. The largest absolute Gasteiger partial charge is 0.394 e. The fraction of sp³-hybridized carbons (Fsp3) is 0.222. The zero-order valence-corrected chi connectivity index (χ0v) is 11.4. The highest BCUT2D eigenvalue weighted by Gasteiger charge is 2.22. The third-order valence-electron chi connectivity index (χ3n) is 2.61. The van der Waals surface area contributed by atoms with Gasteiger partial charge in [-0.15, -0.1) is 0 Å². The van der Waals surface area contributed by atoms with Crippen molar-refractivity contribution in [2.24, 2.45) is 14.1 Å². The van der Waals surface area contributed by atoms with Crippen molar-refractivity contribution in [1.82, 2.24) is 19.3 Å². The Labute approximate surface area is 112 Å². The Morgan fingerprint density at radius 2 is 2.00 bits per heavy atom. The molecule has 108 valence electrons. The van der Waals surface area contributed by atoms with Crippen molar-refractivity contribution < 1.29 is 8.42 Å². The van der Waals surface area contributed by atoms with Gasteiger partial charge in [0.2, 0.25) is 0 Å². The van der Waals surface area contributed by atoms with Crippen LogP contribution in [0, 0.1) is 0 Å². The van der Waals surface area contributed by atoms with Gasteiger partial charge in [-0.05, 0) is 0 Å². The Balaban J connectivity index is 2.59. The van der Waals surface area contributed by atoms with Crippen molar-refractivity contribution in [2.45, 2.75) is 4.90 Å². The second kappa shape index (κ2) is 4.52. The Morgan fingerprint density at radius 1 is 1.35 bits per heavy atom. The maximum atomic E-state index is 12.1. The van der Waals surface area contributed by atoms with Crippen LogP contribution >= 0.6 is 0 Å². The SMILES string of the molecule is Cn1cc(S(=O)(=O)Nc2[nH]ncc2N)c(=O)n(C)c1=O. The van der Waals surface area contributed by atoms with Crippen LogP contribution in [0.4, 0.5) is 11.5 Å². The highest BCUT2D eigenvalue weighted by Crippen LogP contribution is 2.16. The van der Waals surface area contributed by atoms with E-state index in [9.17, 15) is 18.0 Å². The number of H-pyrrole nitrogens is 1. The van der Waals surface area contributed by atoms with Crippen molar-refractivity contribution in [3.05, 3.63) is 33.2 Å². The van der Waals surface area contributed by atoms with E-state index in [4.69, 9.17) is 5.73 Å². The molecule has 2 aromatic heterocycles.